The first-order valence-corrected chi connectivity index (χ1v) is 9.44. The standard InChI is InChI=1S/C23H20FNO4/c24-19-9-7-16(8-10-19)20-11-12-25(23(27)28)14-21(20)29-22(26)18-6-5-15-3-1-2-4-17(15)13-18/h1-10,13,20-21H,11-12,14H2,(H,27,28). The number of hydrogen-bond acceptors (Lipinski definition) is 3. The molecule has 2 unspecified atom stereocenters. The zero-order chi connectivity index (χ0) is 20.4. The molecule has 1 aliphatic heterocycles. The molecular weight excluding hydrogens is 373 g/mol. The van der Waals surface area contributed by atoms with Crippen molar-refractivity contribution in [3.63, 3.8) is 0 Å². The molecule has 0 radical (unpaired) electrons. The Morgan fingerprint density at radius 2 is 1.72 bits per heavy atom. The molecule has 3 aromatic rings. The van der Waals surface area contributed by atoms with Crippen LogP contribution in [-0.4, -0.2) is 41.3 Å². The van der Waals surface area contributed by atoms with Crippen molar-refractivity contribution >= 4 is 22.8 Å². The molecular formula is C23H20FNO4. The van der Waals surface area contributed by atoms with Gasteiger partial charge in [0, 0.05) is 12.5 Å². The van der Waals surface area contributed by atoms with Crippen LogP contribution in [0.25, 0.3) is 10.8 Å². The lowest BCUT2D eigenvalue weighted by Crippen LogP contribution is -2.47. The van der Waals surface area contributed by atoms with Gasteiger partial charge in [-0.25, -0.2) is 14.0 Å². The Bertz CT molecular complexity index is 1050. The second-order valence-electron chi connectivity index (χ2n) is 7.18. The number of piperidine rings is 1. The molecule has 0 spiro atoms. The molecule has 1 saturated heterocycles. The maximum absolute atomic E-state index is 13.3. The molecule has 1 fully saturated rings. The van der Waals surface area contributed by atoms with E-state index in [0.717, 1.165) is 16.3 Å². The van der Waals surface area contributed by atoms with E-state index in [9.17, 15) is 19.1 Å². The Hall–Kier alpha value is -3.41. The van der Waals surface area contributed by atoms with E-state index in [0.29, 0.717) is 18.5 Å². The van der Waals surface area contributed by atoms with Crippen molar-refractivity contribution in [1.82, 2.24) is 4.90 Å². The molecule has 29 heavy (non-hydrogen) atoms. The zero-order valence-corrected chi connectivity index (χ0v) is 15.6. The van der Waals surface area contributed by atoms with Crippen LogP contribution < -0.4 is 0 Å². The van der Waals surface area contributed by atoms with Gasteiger partial charge in [0.15, 0.2) is 0 Å². The van der Waals surface area contributed by atoms with Gasteiger partial charge in [0.1, 0.15) is 11.9 Å². The van der Waals surface area contributed by atoms with Gasteiger partial charge in [-0.15, -0.1) is 0 Å². The van der Waals surface area contributed by atoms with Crippen molar-refractivity contribution in [1.29, 1.82) is 0 Å². The number of hydrogen-bond donors (Lipinski definition) is 1. The third kappa shape index (κ3) is 4.06. The highest BCUT2D eigenvalue weighted by atomic mass is 19.1. The monoisotopic (exact) mass is 393 g/mol. The van der Waals surface area contributed by atoms with Crippen molar-refractivity contribution < 1.29 is 23.8 Å². The molecule has 2 atom stereocenters. The van der Waals surface area contributed by atoms with Crippen molar-refractivity contribution in [3.05, 3.63) is 83.7 Å². The predicted molar refractivity (Wildman–Crippen MR) is 107 cm³/mol. The second-order valence-corrected chi connectivity index (χ2v) is 7.18. The number of likely N-dealkylation sites (tertiary alicyclic amines) is 1. The summed E-state index contributed by atoms with van der Waals surface area (Å²) in [6.45, 7) is 0.415. The lowest BCUT2D eigenvalue weighted by atomic mass is 9.87. The molecule has 1 N–H and O–H groups in total. The first-order valence-electron chi connectivity index (χ1n) is 9.44. The summed E-state index contributed by atoms with van der Waals surface area (Å²) in [6, 6.07) is 19.1. The minimum absolute atomic E-state index is 0.0801. The van der Waals surface area contributed by atoms with Gasteiger partial charge in [-0.1, -0.05) is 42.5 Å². The highest BCUT2D eigenvalue weighted by molar-refractivity contribution is 5.95. The molecule has 6 heteroatoms. The van der Waals surface area contributed by atoms with Gasteiger partial charge in [-0.3, -0.25) is 0 Å². The number of nitrogens with zero attached hydrogens (tertiary/aromatic N) is 1. The maximum atomic E-state index is 13.3. The smallest absolute Gasteiger partial charge is 0.407 e. The Labute approximate surface area is 167 Å². The van der Waals surface area contributed by atoms with Gasteiger partial charge in [-0.05, 0) is 47.0 Å². The van der Waals surface area contributed by atoms with Gasteiger partial charge in [0.05, 0.1) is 12.1 Å². The van der Waals surface area contributed by atoms with Crippen LogP contribution in [0.2, 0.25) is 0 Å². The van der Waals surface area contributed by atoms with Crippen molar-refractivity contribution in [2.45, 2.75) is 18.4 Å². The summed E-state index contributed by atoms with van der Waals surface area (Å²) in [5.74, 6) is -1.04. The van der Waals surface area contributed by atoms with Crippen LogP contribution in [-0.2, 0) is 4.74 Å². The van der Waals surface area contributed by atoms with Crippen LogP contribution in [0, 0.1) is 5.82 Å². The Kier molecular flexibility index (Phi) is 5.16. The first kappa shape index (κ1) is 18.9. The summed E-state index contributed by atoms with van der Waals surface area (Å²) < 4.78 is 19.1. The number of carbonyl (C=O) groups is 2. The molecule has 1 heterocycles. The molecule has 1 aliphatic rings. The number of amides is 1. The van der Waals surface area contributed by atoms with E-state index >= 15 is 0 Å². The number of benzene rings is 3. The second kappa shape index (κ2) is 7.91. The van der Waals surface area contributed by atoms with E-state index in [1.165, 1.54) is 17.0 Å². The van der Waals surface area contributed by atoms with Crippen LogP contribution in [0.1, 0.15) is 28.3 Å². The van der Waals surface area contributed by atoms with E-state index < -0.39 is 18.2 Å². The average Bonchev–Trinajstić information content (AvgIpc) is 2.74. The lowest BCUT2D eigenvalue weighted by Gasteiger charge is -2.37. The number of carboxylic acid groups (broad SMARTS) is 1. The fourth-order valence-corrected chi connectivity index (χ4v) is 3.82. The fourth-order valence-electron chi connectivity index (χ4n) is 3.82. The van der Waals surface area contributed by atoms with Gasteiger partial charge >= 0.3 is 12.1 Å². The number of halogens is 1. The summed E-state index contributed by atoms with van der Waals surface area (Å²) >= 11 is 0. The van der Waals surface area contributed by atoms with Crippen LogP contribution >= 0.6 is 0 Å². The summed E-state index contributed by atoms with van der Waals surface area (Å²) in [5, 5.41) is 11.3. The lowest BCUT2D eigenvalue weighted by molar-refractivity contribution is -0.0000324. The molecule has 0 bridgehead atoms. The number of ether oxygens (including phenoxy) is 1. The number of carbonyl (C=O) groups excluding carboxylic acids is 1. The minimum Gasteiger partial charge on any atom is -0.465 e. The van der Waals surface area contributed by atoms with Crippen LogP contribution in [0.5, 0.6) is 0 Å². The minimum atomic E-state index is -1.05. The predicted octanol–water partition coefficient (Wildman–Crippen LogP) is 4.67. The Morgan fingerprint density at radius 3 is 2.45 bits per heavy atom. The van der Waals surface area contributed by atoms with Crippen LogP contribution in [0.4, 0.5) is 9.18 Å². The van der Waals surface area contributed by atoms with Crippen molar-refractivity contribution in [2.75, 3.05) is 13.1 Å². The third-order valence-electron chi connectivity index (χ3n) is 5.37. The highest BCUT2D eigenvalue weighted by Gasteiger charge is 2.35. The molecule has 148 valence electrons. The van der Waals surface area contributed by atoms with Crippen molar-refractivity contribution in [3.8, 4) is 0 Å². The average molecular weight is 393 g/mol. The summed E-state index contributed by atoms with van der Waals surface area (Å²) in [5.41, 5.74) is 1.24. The molecule has 1 amide bonds. The maximum Gasteiger partial charge on any atom is 0.407 e. The molecule has 5 nitrogen and oxygen atoms in total. The number of fused-ring (bicyclic) bond motifs is 1. The van der Waals surface area contributed by atoms with Crippen molar-refractivity contribution in [2.24, 2.45) is 0 Å². The summed E-state index contributed by atoms with van der Waals surface area (Å²) in [6.07, 6.45) is -1.20. The zero-order valence-electron chi connectivity index (χ0n) is 15.6. The van der Waals surface area contributed by atoms with E-state index in [2.05, 4.69) is 0 Å². The van der Waals surface area contributed by atoms with Gasteiger partial charge in [0.25, 0.3) is 0 Å². The van der Waals surface area contributed by atoms with Gasteiger partial charge < -0.3 is 14.7 Å². The highest BCUT2D eigenvalue weighted by Crippen LogP contribution is 2.31. The molecule has 4 rings (SSSR count). The van der Waals surface area contributed by atoms with E-state index in [4.69, 9.17) is 4.74 Å². The number of rotatable bonds is 3. The topological polar surface area (TPSA) is 66.8 Å². The molecule has 0 saturated carbocycles. The van der Waals surface area contributed by atoms with E-state index in [-0.39, 0.29) is 18.3 Å². The number of esters is 1. The molecule has 0 aromatic heterocycles. The largest absolute Gasteiger partial charge is 0.465 e. The molecule has 0 aliphatic carbocycles. The SMILES string of the molecule is O=C(OC1CN(C(=O)O)CCC1c1ccc(F)cc1)c1ccc2ccccc2c1. The van der Waals surface area contributed by atoms with Crippen LogP contribution in [0.3, 0.4) is 0 Å². The van der Waals surface area contributed by atoms with Crippen LogP contribution in [0.15, 0.2) is 66.7 Å². The van der Waals surface area contributed by atoms with E-state index in [1.54, 1.807) is 24.3 Å². The molecule has 3 aromatic carbocycles. The van der Waals surface area contributed by atoms with E-state index in [1.807, 2.05) is 30.3 Å². The summed E-state index contributed by atoms with van der Waals surface area (Å²) in [7, 11) is 0. The Balaban J connectivity index is 1.59. The normalized spacial score (nSPS) is 19.1. The fraction of sp³-hybridized carbons (Fsp3) is 0.217. The summed E-state index contributed by atoms with van der Waals surface area (Å²) in [4.78, 5) is 25.5. The quantitative estimate of drug-likeness (QED) is 0.657. The van der Waals surface area contributed by atoms with Gasteiger partial charge in [-0.2, -0.15) is 0 Å². The third-order valence-corrected chi connectivity index (χ3v) is 5.37. The Morgan fingerprint density at radius 1 is 1.00 bits per heavy atom. The van der Waals surface area contributed by atoms with Gasteiger partial charge in [0.2, 0.25) is 0 Å². The first-order chi connectivity index (χ1) is 14.0.